The van der Waals surface area contributed by atoms with Gasteiger partial charge in [0.05, 0.1) is 24.2 Å². The summed E-state index contributed by atoms with van der Waals surface area (Å²) in [4.78, 5) is 12.4. The highest BCUT2D eigenvalue weighted by Crippen LogP contribution is 2.28. The van der Waals surface area contributed by atoms with Gasteiger partial charge in [0.2, 0.25) is 11.1 Å². The largest absolute Gasteiger partial charge is 0.495 e. The van der Waals surface area contributed by atoms with Crippen LogP contribution >= 0.6 is 23.4 Å². The minimum atomic E-state index is -0.216. The highest BCUT2D eigenvalue weighted by atomic mass is 35.5. The average molecular weight is 426 g/mol. The number of carbonyl (C=O) groups excluding carboxylic acids is 1. The Morgan fingerprint density at radius 2 is 1.97 bits per heavy atom. The SMILES string of the molecule is COc1ccc(Cl)cc1NC(=O)CSc1nnc2ccc(-c3ccccc3)nn12. The fraction of sp³-hybridized carbons (Fsp3) is 0.100. The van der Waals surface area contributed by atoms with Crippen molar-refractivity contribution in [3.63, 3.8) is 0 Å². The Morgan fingerprint density at radius 3 is 2.76 bits per heavy atom. The van der Waals surface area contributed by atoms with Gasteiger partial charge in [0.1, 0.15) is 5.75 Å². The second kappa shape index (κ2) is 8.50. The number of hydrogen-bond donors (Lipinski definition) is 1. The normalized spacial score (nSPS) is 10.8. The number of amides is 1. The van der Waals surface area contributed by atoms with Crippen molar-refractivity contribution in [2.24, 2.45) is 0 Å². The van der Waals surface area contributed by atoms with Gasteiger partial charge in [-0.2, -0.15) is 9.61 Å². The molecule has 0 atom stereocenters. The average Bonchev–Trinajstić information content (AvgIpc) is 3.15. The highest BCUT2D eigenvalue weighted by molar-refractivity contribution is 7.99. The fourth-order valence-electron chi connectivity index (χ4n) is 2.72. The van der Waals surface area contributed by atoms with Crippen LogP contribution in [0.5, 0.6) is 5.75 Å². The van der Waals surface area contributed by atoms with Crippen LogP contribution in [0, 0.1) is 0 Å². The van der Waals surface area contributed by atoms with E-state index in [0.29, 0.717) is 27.3 Å². The molecule has 0 bridgehead atoms. The Hall–Kier alpha value is -3.10. The number of methoxy groups -OCH3 is 1. The molecule has 4 rings (SSSR count). The molecule has 0 unspecified atom stereocenters. The van der Waals surface area contributed by atoms with E-state index in [0.717, 1.165) is 11.3 Å². The Bertz CT molecular complexity index is 1170. The van der Waals surface area contributed by atoms with E-state index in [-0.39, 0.29) is 11.7 Å². The predicted octanol–water partition coefficient (Wildman–Crippen LogP) is 4.18. The monoisotopic (exact) mass is 425 g/mol. The van der Waals surface area contributed by atoms with E-state index in [1.165, 1.54) is 18.9 Å². The van der Waals surface area contributed by atoms with E-state index in [1.807, 2.05) is 42.5 Å². The topological polar surface area (TPSA) is 81.4 Å². The first-order chi connectivity index (χ1) is 14.1. The molecule has 4 aromatic rings. The zero-order valence-corrected chi connectivity index (χ0v) is 16.9. The van der Waals surface area contributed by atoms with Gasteiger partial charge in [0, 0.05) is 10.6 Å². The van der Waals surface area contributed by atoms with Gasteiger partial charge in [-0.1, -0.05) is 53.7 Å². The van der Waals surface area contributed by atoms with Crippen molar-refractivity contribution in [2.75, 3.05) is 18.2 Å². The molecule has 1 amide bonds. The Labute approximate surface area is 176 Å². The maximum Gasteiger partial charge on any atom is 0.234 e. The number of aromatic nitrogens is 4. The molecule has 0 spiro atoms. The summed E-state index contributed by atoms with van der Waals surface area (Å²) in [6, 6.07) is 18.6. The van der Waals surface area contributed by atoms with Crippen LogP contribution in [-0.4, -0.2) is 38.6 Å². The summed E-state index contributed by atoms with van der Waals surface area (Å²) in [5, 5.41) is 16.7. The molecular formula is C20H16ClN5O2S. The van der Waals surface area contributed by atoms with Crippen LogP contribution in [0.1, 0.15) is 0 Å². The lowest BCUT2D eigenvalue weighted by atomic mass is 10.1. The number of anilines is 1. The standard InChI is InChI=1S/C20H16ClN5O2S/c1-28-17-9-7-14(21)11-16(17)22-19(27)12-29-20-24-23-18-10-8-15(25-26(18)20)13-5-3-2-4-6-13/h2-11H,12H2,1H3,(H,22,27). The zero-order valence-electron chi connectivity index (χ0n) is 15.4. The van der Waals surface area contributed by atoms with Gasteiger partial charge in [-0.25, -0.2) is 0 Å². The van der Waals surface area contributed by atoms with Crippen molar-refractivity contribution >= 4 is 40.6 Å². The third kappa shape index (κ3) is 4.33. The van der Waals surface area contributed by atoms with Crippen molar-refractivity contribution in [3.8, 4) is 17.0 Å². The summed E-state index contributed by atoms with van der Waals surface area (Å²) in [5.41, 5.74) is 2.92. The number of nitrogens with zero attached hydrogens (tertiary/aromatic N) is 4. The van der Waals surface area contributed by atoms with Crippen molar-refractivity contribution in [2.45, 2.75) is 5.16 Å². The third-order valence-corrected chi connectivity index (χ3v) is 5.23. The number of ether oxygens (including phenoxy) is 1. The molecule has 0 aliphatic heterocycles. The van der Waals surface area contributed by atoms with Gasteiger partial charge in [-0.3, -0.25) is 4.79 Å². The van der Waals surface area contributed by atoms with E-state index in [9.17, 15) is 4.79 Å². The molecule has 2 aromatic heterocycles. The van der Waals surface area contributed by atoms with Gasteiger partial charge in [0.15, 0.2) is 5.65 Å². The number of thioether (sulfide) groups is 1. The number of nitrogens with one attached hydrogen (secondary N) is 1. The molecule has 0 saturated carbocycles. The number of halogens is 1. The molecule has 0 radical (unpaired) electrons. The highest BCUT2D eigenvalue weighted by Gasteiger charge is 2.13. The molecular weight excluding hydrogens is 410 g/mol. The predicted molar refractivity (Wildman–Crippen MR) is 114 cm³/mol. The first-order valence-corrected chi connectivity index (χ1v) is 10.0. The minimum Gasteiger partial charge on any atom is -0.495 e. The van der Waals surface area contributed by atoms with Gasteiger partial charge in [-0.05, 0) is 30.3 Å². The molecule has 0 fully saturated rings. The van der Waals surface area contributed by atoms with Crippen molar-refractivity contribution in [1.82, 2.24) is 19.8 Å². The van der Waals surface area contributed by atoms with E-state index in [4.69, 9.17) is 16.3 Å². The van der Waals surface area contributed by atoms with Gasteiger partial charge < -0.3 is 10.1 Å². The molecule has 0 aliphatic carbocycles. The van der Waals surface area contributed by atoms with E-state index >= 15 is 0 Å². The quantitative estimate of drug-likeness (QED) is 0.466. The third-order valence-electron chi connectivity index (χ3n) is 4.07. The van der Waals surface area contributed by atoms with Gasteiger partial charge in [-0.15, -0.1) is 10.2 Å². The Balaban J connectivity index is 1.50. The first kappa shape index (κ1) is 19.2. The Kier molecular flexibility index (Phi) is 5.64. The van der Waals surface area contributed by atoms with E-state index in [1.54, 1.807) is 22.7 Å². The molecule has 1 N–H and O–H groups in total. The maximum atomic E-state index is 12.4. The number of hydrogen-bond acceptors (Lipinski definition) is 6. The summed E-state index contributed by atoms with van der Waals surface area (Å²) >= 11 is 7.25. The fourth-order valence-corrected chi connectivity index (χ4v) is 3.58. The van der Waals surface area contributed by atoms with Crippen molar-refractivity contribution < 1.29 is 9.53 Å². The molecule has 0 aliphatic rings. The molecule has 0 saturated heterocycles. The number of benzene rings is 2. The summed E-state index contributed by atoms with van der Waals surface area (Å²) in [6.07, 6.45) is 0. The van der Waals surface area contributed by atoms with Crippen molar-refractivity contribution in [3.05, 3.63) is 65.7 Å². The molecule has 146 valence electrons. The lowest BCUT2D eigenvalue weighted by Gasteiger charge is -2.10. The molecule has 2 aromatic carbocycles. The molecule has 2 heterocycles. The van der Waals surface area contributed by atoms with Crippen LogP contribution in [-0.2, 0) is 4.79 Å². The number of rotatable bonds is 6. The molecule has 29 heavy (non-hydrogen) atoms. The van der Waals surface area contributed by atoms with Crippen LogP contribution < -0.4 is 10.1 Å². The maximum absolute atomic E-state index is 12.4. The molecule has 7 nitrogen and oxygen atoms in total. The van der Waals surface area contributed by atoms with Gasteiger partial charge in [0.25, 0.3) is 0 Å². The van der Waals surface area contributed by atoms with Crippen LogP contribution in [0.4, 0.5) is 5.69 Å². The van der Waals surface area contributed by atoms with Crippen LogP contribution in [0.25, 0.3) is 16.9 Å². The van der Waals surface area contributed by atoms with Crippen LogP contribution in [0.15, 0.2) is 65.8 Å². The smallest absolute Gasteiger partial charge is 0.234 e. The lowest BCUT2D eigenvalue weighted by molar-refractivity contribution is -0.113. The first-order valence-electron chi connectivity index (χ1n) is 8.68. The second-order valence-electron chi connectivity index (χ2n) is 6.02. The van der Waals surface area contributed by atoms with E-state index < -0.39 is 0 Å². The summed E-state index contributed by atoms with van der Waals surface area (Å²) in [7, 11) is 1.53. The lowest BCUT2D eigenvalue weighted by Crippen LogP contribution is -2.15. The Morgan fingerprint density at radius 1 is 1.14 bits per heavy atom. The van der Waals surface area contributed by atoms with Crippen LogP contribution in [0.3, 0.4) is 0 Å². The second-order valence-corrected chi connectivity index (χ2v) is 7.40. The summed E-state index contributed by atoms with van der Waals surface area (Å²) < 4.78 is 6.89. The van der Waals surface area contributed by atoms with Crippen molar-refractivity contribution in [1.29, 1.82) is 0 Å². The summed E-state index contributed by atoms with van der Waals surface area (Å²) in [5.74, 6) is 0.453. The molecule has 9 heteroatoms. The van der Waals surface area contributed by atoms with E-state index in [2.05, 4.69) is 20.6 Å². The van der Waals surface area contributed by atoms with Crippen LogP contribution in [0.2, 0.25) is 5.02 Å². The van der Waals surface area contributed by atoms with Gasteiger partial charge >= 0.3 is 0 Å². The minimum absolute atomic E-state index is 0.133. The number of fused-ring (bicyclic) bond motifs is 1. The number of carbonyl (C=O) groups is 1. The zero-order chi connectivity index (χ0) is 20.2. The summed E-state index contributed by atoms with van der Waals surface area (Å²) in [6.45, 7) is 0.